The van der Waals surface area contributed by atoms with E-state index in [0.29, 0.717) is 35.5 Å². The molecule has 1 amide bonds. The normalized spacial score (nSPS) is 16.9. The SMILES string of the molecule is CC(Cl)CC(=O)N1CCC[C@@H](n2nc(-c3ccc(Oc4ccccc4)cc3)c3c(N)ncnc32)C1. The monoisotopic (exact) mass is 490 g/mol. The second-order valence-electron chi connectivity index (χ2n) is 8.81. The molecule has 0 radical (unpaired) electrons. The number of anilines is 1. The molecule has 1 aliphatic heterocycles. The molecule has 2 aromatic heterocycles. The van der Waals surface area contributed by atoms with Crippen LogP contribution in [0.5, 0.6) is 11.5 Å². The van der Waals surface area contributed by atoms with Crippen LogP contribution in [0.25, 0.3) is 22.3 Å². The van der Waals surface area contributed by atoms with E-state index < -0.39 is 0 Å². The quantitative estimate of drug-likeness (QED) is 0.380. The largest absolute Gasteiger partial charge is 0.457 e. The Balaban J connectivity index is 1.46. The Hall–Kier alpha value is -3.65. The number of rotatable bonds is 6. The van der Waals surface area contributed by atoms with E-state index in [9.17, 15) is 4.79 Å². The van der Waals surface area contributed by atoms with Crippen molar-refractivity contribution in [3.8, 4) is 22.8 Å². The number of hydrogen-bond acceptors (Lipinski definition) is 6. The van der Waals surface area contributed by atoms with Gasteiger partial charge < -0.3 is 15.4 Å². The van der Waals surface area contributed by atoms with Crippen molar-refractivity contribution in [1.29, 1.82) is 0 Å². The summed E-state index contributed by atoms with van der Waals surface area (Å²) in [6.45, 7) is 3.13. The van der Waals surface area contributed by atoms with Crippen LogP contribution in [0, 0.1) is 0 Å². The van der Waals surface area contributed by atoms with Crippen molar-refractivity contribution < 1.29 is 9.53 Å². The molecular formula is C26H27ClN6O2. The minimum atomic E-state index is -0.193. The number of nitrogen functional groups attached to an aromatic ring is 1. The summed E-state index contributed by atoms with van der Waals surface area (Å²) in [7, 11) is 0. The van der Waals surface area contributed by atoms with E-state index in [1.54, 1.807) is 0 Å². The summed E-state index contributed by atoms with van der Waals surface area (Å²) in [5, 5.41) is 5.46. The molecule has 0 aliphatic carbocycles. The number of carbonyl (C=O) groups is 1. The summed E-state index contributed by atoms with van der Waals surface area (Å²) in [4.78, 5) is 23.2. The first-order chi connectivity index (χ1) is 17.0. The van der Waals surface area contributed by atoms with E-state index in [-0.39, 0.29) is 17.3 Å². The molecule has 8 nitrogen and oxygen atoms in total. The Morgan fingerprint density at radius 3 is 2.63 bits per heavy atom. The number of piperidine rings is 1. The third-order valence-corrected chi connectivity index (χ3v) is 6.33. The van der Waals surface area contributed by atoms with Gasteiger partial charge in [-0.25, -0.2) is 14.6 Å². The Kier molecular flexibility index (Phi) is 6.55. The van der Waals surface area contributed by atoms with Gasteiger partial charge in [-0.15, -0.1) is 11.6 Å². The highest BCUT2D eigenvalue weighted by Crippen LogP contribution is 2.35. The molecule has 0 bridgehead atoms. The second-order valence-corrected chi connectivity index (χ2v) is 9.56. The molecule has 1 unspecified atom stereocenters. The van der Waals surface area contributed by atoms with Gasteiger partial charge in [0.15, 0.2) is 5.65 Å². The number of fused-ring (bicyclic) bond motifs is 1. The van der Waals surface area contributed by atoms with Crippen LogP contribution in [0.4, 0.5) is 5.82 Å². The highest BCUT2D eigenvalue weighted by molar-refractivity contribution is 6.21. The fraction of sp³-hybridized carbons (Fsp3) is 0.308. The van der Waals surface area contributed by atoms with Gasteiger partial charge in [-0.3, -0.25) is 4.79 Å². The van der Waals surface area contributed by atoms with Crippen molar-refractivity contribution in [2.45, 2.75) is 37.6 Å². The highest BCUT2D eigenvalue weighted by atomic mass is 35.5. The summed E-state index contributed by atoms with van der Waals surface area (Å²) in [6, 6.07) is 17.3. The number of hydrogen-bond donors (Lipinski definition) is 1. The molecule has 9 heteroatoms. The van der Waals surface area contributed by atoms with E-state index in [0.717, 1.165) is 36.4 Å². The van der Waals surface area contributed by atoms with Crippen LogP contribution in [-0.4, -0.2) is 49.0 Å². The maximum atomic E-state index is 12.6. The third-order valence-electron chi connectivity index (χ3n) is 6.18. The van der Waals surface area contributed by atoms with Gasteiger partial charge in [-0.2, -0.15) is 5.10 Å². The number of nitrogens with two attached hydrogens (primary N) is 1. The number of aromatic nitrogens is 4. The molecule has 5 rings (SSSR count). The minimum absolute atomic E-state index is 0.00966. The molecule has 0 spiro atoms. The summed E-state index contributed by atoms with van der Waals surface area (Å²) >= 11 is 6.06. The fourth-order valence-corrected chi connectivity index (χ4v) is 4.64. The zero-order valence-electron chi connectivity index (χ0n) is 19.5. The predicted molar refractivity (Wildman–Crippen MR) is 136 cm³/mol. The van der Waals surface area contributed by atoms with E-state index in [2.05, 4.69) is 9.97 Å². The van der Waals surface area contributed by atoms with Crippen molar-refractivity contribution in [2.24, 2.45) is 0 Å². The molecule has 4 aromatic rings. The molecule has 3 heterocycles. The molecule has 180 valence electrons. The second kappa shape index (κ2) is 9.92. The average Bonchev–Trinajstić information content (AvgIpc) is 3.26. The first-order valence-corrected chi connectivity index (χ1v) is 12.2. The Morgan fingerprint density at radius 1 is 1.14 bits per heavy atom. The molecule has 35 heavy (non-hydrogen) atoms. The van der Waals surface area contributed by atoms with Crippen LogP contribution in [0.15, 0.2) is 60.9 Å². The van der Waals surface area contributed by atoms with Crippen LogP contribution in [-0.2, 0) is 4.79 Å². The molecule has 2 N–H and O–H groups in total. The van der Waals surface area contributed by atoms with Crippen molar-refractivity contribution in [1.82, 2.24) is 24.6 Å². The lowest BCUT2D eigenvalue weighted by Crippen LogP contribution is -2.41. The maximum Gasteiger partial charge on any atom is 0.224 e. The molecule has 2 atom stereocenters. The van der Waals surface area contributed by atoms with E-state index in [1.165, 1.54) is 6.33 Å². The molecular weight excluding hydrogens is 464 g/mol. The Labute approximate surface area is 208 Å². The standard InChI is InChI=1S/C26H27ClN6O2/c1-17(27)14-22(34)32-13-5-6-19(15-32)33-26-23(25(28)29-16-30-26)24(31-33)18-9-11-21(12-10-18)35-20-7-3-2-4-8-20/h2-4,7-12,16-17,19H,5-6,13-15H2,1H3,(H2,28,29,30)/t17?,19-/m1/s1. The summed E-state index contributed by atoms with van der Waals surface area (Å²) in [5.41, 5.74) is 8.55. The Morgan fingerprint density at radius 2 is 1.89 bits per heavy atom. The van der Waals surface area contributed by atoms with Gasteiger partial charge in [0.2, 0.25) is 5.91 Å². The first-order valence-electron chi connectivity index (χ1n) is 11.7. The number of ether oxygens (including phenoxy) is 1. The number of likely N-dealkylation sites (tertiary alicyclic amines) is 1. The molecule has 0 saturated carbocycles. The zero-order valence-corrected chi connectivity index (χ0v) is 20.2. The number of para-hydroxylation sites is 1. The van der Waals surface area contributed by atoms with Crippen molar-refractivity contribution in [3.05, 3.63) is 60.9 Å². The number of halogens is 1. The molecule has 1 aliphatic rings. The van der Waals surface area contributed by atoms with Crippen LogP contribution < -0.4 is 10.5 Å². The summed E-state index contributed by atoms with van der Waals surface area (Å²) in [5.74, 6) is 1.94. The smallest absolute Gasteiger partial charge is 0.224 e. The van der Waals surface area contributed by atoms with Gasteiger partial charge in [-0.05, 0) is 56.2 Å². The molecule has 1 saturated heterocycles. The Bertz CT molecular complexity index is 1320. The van der Waals surface area contributed by atoms with Gasteiger partial charge in [0, 0.05) is 30.5 Å². The number of alkyl halides is 1. The number of carbonyl (C=O) groups excluding carboxylic acids is 1. The zero-order chi connectivity index (χ0) is 24.4. The first kappa shape index (κ1) is 23.1. The van der Waals surface area contributed by atoms with Gasteiger partial charge in [0.05, 0.1) is 11.4 Å². The predicted octanol–water partition coefficient (Wildman–Crippen LogP) is 5.05. The van der Waals surface area contributed by atoms with E-state index in [4.69, 9.17) is 27.2 Å². The minimum Gasteiger partial charge on any atom is -0.457 e. The van der Waals surface area contributed by atoms with Crippen LogP contribution in [0.2, 0.25) is 0 Å². The molecule has 1 fully saturated rings. The fourth-order valence-electron chi connectivity index (χ4n) is 4.51. The van der Waals surface area contributed by atoms with E-state index in [1.807, 2.05) is 71.1 Å². The van der Waals surface area contributed by atoms with Crippen molar-refractivity contribution in [3.63, 3.8) is 0 Å². The van der Waals surface area contributed by atoms with Crippen LogP contribution >= 0.6 is 11.6 Å². The van der Waals surface area contributed by atoms with Crippen LogP contribution in [0.3, 0.4) is 0 Å². The lowest BCUT2D eigenvalue weighted by molar-refractivity contribution is -0.132. The number of amides is 1. The van der Waals surface area contributed by atoms with Crippen molar-refractivity contribution >= 4 is 34.4 Å². The lowest BCUT2D eigenvalue weighted by atomic mass is 10.1. The molecule has 2 aromatic carbocycles. The van der Waals surface area contributed by atoms with Crippen LogP contribution in [0.1, 0.15) is 32.2 Å². The topological polar surface area (TPSA) is 99.2 Å². The van der Waals surface area contributed by atoms with Gasteiger partial charge >= 0.3 is 0 Å². The third kappa shape index (κ3) is 4.93. The lowest BCUT2D eigenvalue weighted by Gasteiger charge is -2.33. The summed E-state index contributed by atoms with van der Waals surface area (Å²) in [6.07, 6.45) is 3.56. The number of nitrogens with zero attached hydrogens (tertiary/aromatic N) is 5. The van der Waals surface area contributed by atoms with Gasteiger partial charge in [0.1, 0.15) is 29.3 Å². The highest BCUT2D eigenvalue weighted by Gasteiger charge is 2.29. The van der Waals surface area contributed by atoms with Gasteiger partial charge in [0.25, 0.3) is 0 Å². The summed E-state index contributed by atoms with van der Waals surface area (Å²) < 4.78 is 7.82. The number of benzene rings is 2. The van der Waals surface area contributed by atoms with E-state index >= 15 is 0 Å². The average molecular weight is 491 g/mol. The maximum absolute atomic E-state index is 12.6. The van der Waals surface area contributed by atoms with Gasteiger partial charge in [-0.1, -0.05) is 18.2 Å². The van der Waals surface area contributed by atoms with Crippen molar-refractivity contribution in [2.75, 3.05) is 18.8 Å².